The standard InChI is InChI=1S/C19H25N3O3/c1-2-25-16-11-15(23)19(16)5-8-22(9-6-19)17(24)10-13-12-21-18-14(13)4-3-7-20-18/h3-4,7,12,15-16,23H,2,5-6,8-11H2,1H3,(H,20,21)/t15-,16+/m1/s1. The van der Waals surface area contributed by atoms with Crippen molar-refractivity contribution in [3.8, 4) is 0 Å². The van der Waals surface area contributed by atoms with Crippen molar-refractivity contribution >= 4 is 16.9 Å². The maximum atomic E-state index is 12.7. The van der Waals surface area contributed by atoms with Gasteiger partial charge in [0.05, 0.1) is 18.6 Å². The fourth-order valence-electron chi connectivity index (χ4n) is 4.42. The van der Waals surface area contributed by atoms with Gasteiger partial charge in [0.2, 0.25) is 5.91 Å². The quantitative estimate of drug-likeness (QED) is 0.888. The van der Waals surface area contributed by atoms with Gasteiger partial charge < -0.3 is 19.7 Å². The van der Waals surface area contributed by atoms with Crippen molar-refractivity contribution in [1.82, 2.24) is 14.9 Å². The number of aromatic nitrogens is 2. The number of aliphatic hydroxyl groups is 1. The summed E-state index contributed by atoms with van der Waals surface area (Å²) in [6.45, 7) is 4.06. The smallest absolute Gasteiger partial charge is 0.227 e. The molecule has 3 heterocycles. The maximum absolute atomic E-state index is 12.7. The van der Waals surface area contributed by atoms with Crippen molar-refractivity contribution in [3.05, 3.63) is 30.1 Å². The van der Waals surface area contributed by atoms with Gasteiger partial charge in [-0.15, -0.1) is 0 Å². The van der Waals surface area contributed by atoms with Crippen molar-refractivity contribution in [2.45, 2.75) is 44.8 Å². The lowest BCUT2D eigenvalue weighted by molar-refractivity contribution is -0.210. The highest BCUT2D eigenvalue weighted by Gasteiger charge is 2.56. The van der Waals surface area contributed by atoms with Crippen LogP contribution in [0, 0.1) is 5.41 Å². The molecule has 2 aromatic rings. The van der Waals surface area contributed by atoms with Crippen molar-refractivity contribution < 1.29 is 14.6 Å². The number of carbonyl (C=O) groups is 1. The number of rotatable bonds is 4. The normalized spacial score (nSPS) is 25.3. The average Bonchev–Trinajstić information content (AvgIpc) is 3.05. The molecule has 0 bridgehead atoms. The largest absolute Gasteiger partial charge is 0.392 e. The molecule has 2 aromatic heterocycles. The van der Waals surface area contributed by atoms with Gasteiger partial charge in [-0.3, -0.25) is 4.79 Å². The number of pyridine rings is 1. The van der Waals surface area contributed by atoms with Gasteiger partial charge in [0.25, 0.3) is 0 Å². The van der Waals surface area contributed by atoms with Crippen LogP contribution in [-0.2, 0) is 16.0 Å². The fourth-order valence-corrected chi connectivity index (χ4v) is 4.42. The first-order chi connectivity index (χ1) is 12.1. The Hall–Kier alpha value is -1.92. The van der Waals surface area contributed by atoms with Crippen molar-refractivity contribution in [1.29, 1.82) is 0 Å². The minimum Gasteiger partial charge on any atom is -0.392 e. The average molecular weight is 343 g/mol. The van der Waals surface area contributed by atoms with E-state index in [0.29, 0.717) is 26.1 Å². The number of fused-ring (bicyclic) bond motifs is 1. The Morgan fingerprint density at radius 3 is 3.00 bits per heavy atom. The number of nitrogens with one attached hydrogen (secondary N) is 1. The highest BCUT2D eigenvalue weighted by Crippen LogP contribution is 2.50. The molecule has 1 aliphatic carbocycles. The van der Waals surface area contributed by atoms with E-state index in [1.807, 2.05) is 30.2 Å². The predicted octanol–water partition coefficient (Wildman–Crippen LogP) is 1.88. The van der Waals surface area contributed by atoms with E-state index in [1.54, 1.807) is 6.20 Å². The van der Waals surface area contributed by atoms with Crippen molar-refractivity contribution in [2.24, 2.45) is 5.41 Å². The monoisotopic (exact) mass is 343 g/mol. The summed E-state index contributed by atoms with van der Waals surface area (Å²) in [5.74, 6) is 0.140. The van der Waals surface area contributed by atoms with Crippen LogP contribution < -0.4 is 0 Å². The molecular formula is C19H25N3O3. The van der Waals surface area contributed by atoms with Gasteiger partial charge in [0.15, 0.2) is 0 Å². The van der Waals surface area contributed by atoms with E-state index in [1.165, 1.54) is 0 Å². The van der Waals surface area contributed by atoms with E-state index in [2.05, 4.69) is 9.97 Å². The molecule has 6 nitrogen and oxygen atoms in total. The first-order valence-electron chi connectivity index (χ1n) is 9.12. The summed E-state index contributed by atoms with van der Waals surface area (Å²) in [6, 6.07) is 3.88. The number of amides is 1. The van der Waals surface area contributed by atoms with Crippen LogP contribution >= 0.6 is 0 Å². The number of aromatic amines is 1. The van der Waals surface area contributed by atoms with Crippen LogP contribution in [-0.4, -0.2) is 57.8 Å². The minimum absolute atomic E-state index is 0.140. The SMILES string of the molecule is CCO[C@H]1C[C@@H](O)C12CCN(C(=O)Cc1c[nH]c3ncccc13)CC2. The third-order valence-corrected chi connectivity index (χ3v) is 6.04. The summed E-state index contributed by atoms with van der Waals surface area (Å²) in [5.41, 5.74) is 1.67. The van der Waals surface area contributed by atoms with Crippen molar-refractivity contribution in [3.63, 3.8) is 0 Å². The first-order valence-corrected chi connectivity index (χ1v) is 9.12. The second-order valence-electron chi connectivity index (χ2n) is 7.20. The number of hydrogen-bond donors (Lipinski definition) is 2. The molecule has 1 saturated carbocycles. The minimum atomic E-state index is -0.291. The molecule has 1 saturated heterocycles. The molecule has 1 spiro atoms. The van der Waals surface area contributed by atoms with E-state index >= 15 is 0 Å². The summed E-state index contributed by atoms with van der Waals surface area (Å²) in [5, 5.41) is 11.3. The van der Waals surface area contributed by atoms with Crippen LogP contribution in [0.3, 0.4) is 0 Å². The summed E-state index contributed by atoms with van der Waals surface area (Å²) in [4.78, 5) is 22.0. The number of carbonyl (C=O) groups excluding carboxylic acids is 1. The number of hydrogen-bond acceptors (Lipinski definition) is 4. The van der Waals surface area contributed by atoms with E-state index in [-0.39, 0.29) is 23.5 Å². The molecular weight excluding hydrogens is 318 g/mol. The molecule has 25 heavy (non-hydrogen) atoms. The number of aliphatic hydroxyl groups excluding tert-OH is 1. The number of likely N-dealkylation sites (tertiary alicyclic amines) is 1. The summed E-state index contributed by atoms with van der Waals surface area (Å²) < 4.78 is 5.80. The molecule has 4 rings (SSSR count). The highest BCUT2D eigenvalue weighted by atomic mass is 16.5. The molecule has 0 aromatic carbocycles. The Kier molecular flexibility index (Phi) is 4.25. The number of ether oxygens (including phenoxy) is 1. The lowest BCUT2D eigenvalue weighted by Gasteiger charge is -2.56. The fraction of sp³-hybridized carbons (Fsp3) is 0.579. The lowest BCUT2D eigenvalue weighted by atomic mass is 9.58. The van der Waals surface area contributed by atoms with Crippen LogP contribution in [0.15, 0.2) is 24.5 Å². The van der Waals surface area contributed by atoms with E-state index in [0.717, 1.165) is 35.9 Å². The summed E-state index contributed by atoms with van der Waals surface area (Å²) >= 11 is 0. The van der Waals surface area contributed by atoms with Gasteiger partial charge in [0.1, 0.15) is 5.65 Å². The van der Waals surface area contributed by atoms with E-state index in [4.69, 9.17) is 4.74 Å². The van der Waals surface area contributed by atoms with E-state index in [9.17, 15) is 9.90 Å². The highest BCUT2D eigenvalue weighted by molar-refractivity contribution is 5.87. The molecule has 2 atom stereocenters. The Morgan fingerprint density at radius 2 is 2.28 bits per heavy atom. The predicted molar refractivity (Wildman–Crippen MR) is 94.1 cm³/mol. The first kappa shape index (κ1) is 16.5. The number of piperidine rings is 1. The zero-order valence-electron chi connectivity index (χ0n) is 14.6. The van der Waals surface area contributed by atoms with Gasteiger partial charge in [0, 0.05) is 49.3 Å². The van der Waals surface area contributed by atoms with Gasteiger partial charge in [-0.1, -0.05) is 0 Å². The van der Waals surface area contributed by atoms with Crippen LogP contribution in [0.25, 0.3) is 11.0 Å². The molecule has 1 aliphatic heterocycles. The third-order valence-electron chi connectivity index (χ3n) is 6.04. The van der Waals surface area contributed by atoms with Crippen LogP contribution in [0.1, 0.15) is 31.7 Å². The maximum Gasteiger partial charge on any atom is 0.227 e. The molecule has 134 valence electrons. The Labute approximate surface area is 147 Å². The lowest BCUT2D eigenvalue weighted by Crippen LogP contribution is -2.62. The van der Waals surface area contributed by atoms with Crippen LogP contribution in [0.5, 0.6) is 0 Å². The zero-order valence-corrected chi connectivity index (χ0v) is 14.6. The second kappa shape index (κ2) is 6.42. The molecule has 0 unspecified atom stereocenters. The Balaban J connectivity index is 1.40. The zero-order chi connectivity index (χ0) is 17.4. The van der Waals surface area contributed by atoms with Crippen LogP contribution in [0.4, 0.5) is 0 Å². The Bertz CT molecular complexity index is 762. The van der Waals surface area contributed by atoms with Gasteiger partial charge >= 0.3 is 0 Å². The van der Waals surface area contributed by atoms with Crippen LogP contribution in [0.2, 0.25) is 0 Å². The molecule has 1 amide bonds. The summed E-state index contributed by atoms with van der Waals surface area (Å²) in [7, 11) is 0. The summed E-state index contributed by atoms with van der Waals surface area (Å²) in [6.07, 6.45) is 6.22. The molecule has 2 aliphatic rings. The number of H-pyrrole nitrogens is 1. The molecule has 2 fully saturated rings. The van der Waals surface area contributed by atoms with Gasteiger partial charge in [-0.2, -0.15) is 0 Å². The molecule has 0 radical (unpaired) electrons. The van der Waals surface area contributed by atoms with E-state index < -0.39 is 0 Å². The number of nitrogens with zero attached hydrogens (tertiary/aromatic N) is 2. The molecule has 2 N–H and O–H groups in total. The molecule has 6 heteroatoms. The Morgan fingerprint density at radius 1 is 1.48 bits per heavy atom. The third kappa shape index (κ3) is 2.73. The second-order valence-corrected chi connectivity index (χ2v) is 7.20. The van der Waals surface area contributed by atoms with Gasteiger partial charge in [-0.25, -0.2) is 4.98 Å². The van der Waals surface area contributed by atoms with Gasteiger partial charge in [-0.05, 0) is 37.5 Å². The van der Waals surface area contributed by atoms with Crippen molar-refractivity contribution in [2.75, 3.05) is 19.7 Å². The topological polar surface area (TPSA) is 78.5 Å².